The number of carboxylic acids is 1. The first-order chi connectivity index (χ1) is 10.0. The smallest absolute Gasteiger partial charge is 0.307 e. The van der Waals surface area contributed by atoms with Gasteiger partial charge in [-0.1, -0.05) is 25.5 Å². The van der Waals surface area contributed by atoms with Gasteiger partial charge in [0.15, 0.2) is 0 Å². The number of carbonyl (C=O) groups excluding carboxylic acids is 1. The van der Waals surface area contributed by atoms with E-state index < -0.39 is 17.8 Å². The van der Waals surface area contributed by atoms with Crippen LogP contribution >= 0.6 is 0 Å². The lowest BCUT2D eigenvalue weighted by molar-refractivity contribution is -0.146. The van der Waals surface area contributed by atoms with Gasteiger partial charge in [0.25, 0.3) is 0 Å². The number of carboxylic acid groups (broad SMARTS) is 1. The van der Waals surface area contributed by atoms with Crippen molar-refractivity contribution in [2.24, 2.45) is 17.8 Å². The predicted molar refractivity (Wildman–Crippen MR) is 75.9 cm³/mol. The Morgan fingerprint density at radius 2 is 1.86 bits per heavy atom. The number of hydrogen-bond donors (Lipinski definition) is 2. The van der Waals surface area contributed by atoms with Crippen LogP contribution in [0.5, 0.6) is 0 Å². The summed E-state index contributed by atoms with van der Waals surface area (Å²) < 4.78 is 12.8. The molecule has 5 heteroatoms. The van der Waals surface area contributed by atoms with E-state index in [1.165, 1.54) is 12.1 Å². The second-order valence-corrected chi connectivity index (χ2v) is 5.64. The SMILES string of the molecule is CCC1C[C@H](C(=O)NCc2ccc(F)cc2)[C@H](C(=O)O)C1. The third kappa shape index (κ3) is 3.80. The van der Waals surface area contributed by atoms with Gasteiger partial charge < -0.3 is 10.4 Å². The summed E-state index contributed by atoms with van der Waals surface area (Å²) in [6, 6.07) is 5.88. The van der Waals surface area contributed by atoms with Crippen LogP contribution in [-0.4, -0.2) is 17.0 Å². The quantitative estimate of drug-likeness (QED) is 0.877. The van der Waals surface area contributed by atoms with Gasteiger partial charge in [0.05, 0.1) is 11.8 Å². The van der Waals surface area contributed by atoms with Gasteiger partial charge in [-0.3, -0.25) is 9.59 Å². The second-order valence-electron chi connectivity index (χ2n) is 5.64. The van der Waals surface area contributed by atoms with Gasteiger partial charge >= 0.3 is 5.97 Å². The molecule has 114 valence electrons. The van der Waals surface area contributed by atoms with Gasteiger partial charge in [-0.2, -0.15) is 0 Å². The maximum atomic E-state index is 12.8. The summed E-state index contributed by atoms with van der Waals surface area (Å²) >= 11 is 0. The molecule has 1 aromatic carbocycles. The number of hydrogen-bond acceptors (Lipinski definition) is 2. The molecule has 21 heavy (non-hydrogen) atoms. The zero-order valence-corrected chi connectivity index (χ0v) is 12.0. The van der Waals surface area contributed by atoms with Crippen molar-refractivity contribution in [1.29, 1.82) is 0 Å². The lowest BCUT2D eigenvalue weighted by atomic mass is 9.95. The Hall–Kier alpha value is -1.91. The van der Waals surface area contributed by atoms with E-state index in [0.29, 0.717) is 25.3 Å². The Labute approximate surface area is 123 Å². The van der Waals surface area contributed by atoms with Crippen molar-refractivity contribution in [3.05, 3.63) is 35.6 Å². The average Bonchev–Trinajstić information content (AvgIpc) is 2.91. The summed E-state index contributed by atoms with van der Waals surface area (Å²) in [6.45, 7) is 2.31. The molecule has 1 fully saturated rings. The van der Waals surface area contributed by atoms with E-state index in [4.69, 9.17) is 0 Å². The summed E-state index contributed by atoms with van der Waals surface area (Å²) in [4.78, 5) is 23.5. The van der Waals surface area contributed by atoms with E-state index in [1.54, 1.807) is 12.1 Å². The summed E-state index contributed by atoms with van der Waals surface area (Å²) in [6.07, 6.45) is 2.09. The normalized spacial score (nSPS) is 24.8. The van der Waals surface area contributed by atoms with Crippen LogP contribution in [0, 0.1) is 23.6 Å². The monoisotopic (exact) mass is 293 g/mol. The zero-order valence-electron chi connectivity index (χ0n) is 12.0. The lowest BCUT2D eigenvalue weighted by Crippen LogP contribution is -2.34. The minimum absolute atomic E-state index is 0.220. The molecule has 1 unspecified atom stereocenters. The van der Waals surface area contributed by atoms with Gasteiger partial charge in [0.1, 0.15) is 5.82 Å². The summed E-state index contributed by atoms with van der Waals surface area (Å²) in [7, 11) is 0. The molecular weight excluding hydrogens is 273 g/mol. The molecule has 0 spiro atoms. The van der Waals surface area contributed by atoms with E-state index >= 15 is 0 Å². The van der Waals surface area contributed by atoms with Crippen molar-refractivity contribution in [2.75, 3.05) is 0 Å². The molecule has 2 rings (SSSR count). The summed E-state index contributed by atoms with van der Waals surface area (Å²) in [5.41, 5.74) is 0.793. The highest BCUT2D eigenvalue weighted by Gasteiger charge is 2.41. The predicted octanol–water partition coefficient (Wildman–Crippen LogP) is 2.58. The maximum Gasteiger partial charge on any atom is 0.307 e. The first kappa shape index (κ1) is 15.5. The van der Waals surface area contributed by atoms with E-state index in [0.717, 1.165) is 12.0 Å². The highest BCUT2D eigenvalue weighted by atomic mass is 19.1. The average molecular weight is 293 g/mol. The molecule has 1 saturated carbocycles. The fourth-order valence-corrected chi connectivity index (χ4v) is 2.96. The second kappa shape index (κ2) is 6.70. The van der Waals surface area contributed by atoms with Crippen LogP contribution in [0.2, 0.25) is 0 Å². The van der Waals surface area contributed by atoms with Crippen molar-refractivity contribution in [1.82, 2.24) is 5.32 Å². The van der Waals surface area contributed by atoms with Crippen molar-refractivity contribution in [3.8, 4) is 0 Å². The molecule has 2 N–H and O–H groups in total. The van der Waals surface area contributed by atoms with E-state index in [1.807, 2.05) is 6.92 Å². The Balaban J connectivity index is 1.95. The molecular formula is C16H20FNO3. The zero-order chi connectivity index (χ0) is 15.4. The number of nitrogens with one attached hydrogen (secondary N) is 1. The Bertz CT molecular complexity index is 515. The standard InChI is InChI=1S/C16H20FNO3/c1-2-10-7-13(14(8-10)16(20)21)15(19)18-9-11-3-5-12(17)6-4-11/h3-6,10,13-14H,2,7-9H2,1H3,(H,18,19)(H,20,21)/t10?,13-,14+/m0/s1. The largest absolute Gasteiger partial charge is 0.481 e. The molecule has 0 radical (unpaired) electrons. The number of halogens is 1. The van der Waals surface area contributed by atoms with E-state index in [2.05, 4.69) is 5.32 Å². The molecule has 0 heterocycles. The van der Waals surface area contributed by atoms with Crippen LogP contribution in [0.3, 0.4) is 0 Å². The number of aliphatic carboxylic acids is 1. The molecule has 1 aliphatic carbocycles. The summed E-state index contributed by atoms with van der Waals surface area (Å²) in [5.74, 6) is -2.20. The minimum Gasteiger partial charge on any atom is -0.481 e. The Morgan fingerprint density at radius 3 is 2.43 bits per heavy atom. The van der Waals surface area contributed by atoms with Crippen LogP contribution in [-0.2, 0) is 16.1 Å². The number of carbonyl (C=O) groups is 2. The van der Waals surface area contributed by atoms with Crippen LogP contribution in [0.1, 0.15) is 31.7 Å². The van der Waals surface area contributed by atoms with Gasteiger partial charge in [0.2, 0.25) is 5.91 Å². The van der Waals surface area contributed by atoms with Crippen molar-refractivity contribution < 1.29 is 19.1 Å². The van der Waals surface area contributed by atoms with Gasteiger partial charge in [-0.05, 0) is 36.5 Å². The maximum absolute atomic E-state index is 12.8. The van der Waals surface area contributed by atoms with Crippen molar-refractivity contribution in [2.45, 2.75) is 32.7 Å². The highest BCUT2D eigenvalue weighted by molar-refractivity contribution is 5.85. The molecule has 0 aromatic heterocycles. The van der Waals surface area contributed by atoms with Crippen LogP contribution in [0.25, 0.3) is 0 Å². The van der Waals surface area contributed by atoms with Crippen molar-refractivity contribution >= 4 is 11.9 Å². The van der Waals surface area contributed by atoms with Gasteiger partial charge in [-0.15, -0.1) is 0 Å². The number of benzene rings is 1. The molecule has 1 aromatic rings. The lowest BCUT2D eigenvalue weighted by Gasteiger charge is -2.15. The van der Waals surface area contributed by atoms with E-state index in [-0.39, 0.29) is 11.7 Å². The molecule has 0 saturated heterocycles. The Morgan fingerprint density at radius 1 is 1.24 bits per heavy atom. The third-order valence-corrected chi connectivity index (χ3v) is 4.27. The fourth-order valence-electron chi connectivity index (χ4n) is 2.96. The molecule has 3 atom stereocenters. The van der Waals surface area contributed by atoms with Crippen LogP contribution < -0.4 is 5.32 Å². The third-order valence-electron chi connectivity index (χ3n) is 4.27. The highest BCUT2D eigenvalue weighted by Crippen LogP contribution is 2.38. The van der Waals surface area contributed by atoms with Gasteiger partial charge in [0, 0.05) is 6.54 Å². The molecule has 4 nitrogen and oxygen atoms in total. The fraction of sp³-hybridized carbons (Fsp3) is 0.500. The first-order valence-corrected chi connectivity index (χ1v) is 7.26. The molecule has 0 aliphatic heterocycles. The molecule has 1 aliphatic rings. The topological polar surface area (TPSA) is 66.4 Å². The minimum atomic E-state index is -0.895. The van der Waals surface area contributed by atoms with Gasteiger partial charge in [-0.25, -0.2) is 4.39 Å². The Kier molecular flexibility index (Phi) is 4.94. The molecule has 0 bridgehead atoms. The van der Waals surface area contributed by atoms with Crippen molar-refractivity contribution in [3.63, 3.8) is 0 Å². The number of rotatable bonds is 5. The van der Waals surface area contributed by atoms with Crippen LogP contribution in [0.15, 0.2) is 24.3 Å². The molecule has 1 amide bonds. The first-order valence-electron chi connectivity index (χ1n) is 7.26. The summed E-state index contributed by atoms with van der Waals surface area (Å²) in [5, 5.41) is 12.0. The van der Waals surface area contributed by atoms with E-state index in [9.17, 15) is 19.1 Å². The van der Waals surface area contributed by atoms with Crippen LogP contribution in [0.4, 0.5) is 4.39 Å². The number of amides is 1.